The SMILES string of the molecule is CCNC1CCCN(CCCCc2ccccc2)C1. The molecule has 0 bridgehead atoms. The molecule has 1 aromatic rings. The number of nitrogens with zero attached hydrogens (tertiary/aromatic N) is 1. The lowest BCUT2D eigenvalue weighted by molar-refractivity contribution is 0.189. The minimum atomic E-state index is 0.730. The van der Waals surface area contributed by atoms with E-state index in [2.05, 4.69) is 47.5 Å². The zero-order valence-corrected chi connectivity index (χ0v) is 12.3. The summed E-state index contributed by atoms with van der Waals surface area (Å²) >= 11 is 0. The van der Waals surface area contributed by atoms with Crippen LogP contribution in [-0.2, 0) is 6.42 Å². The fourth-order valence-corrected chi connectivity index (χ4v) is 3.02. The topological polar surface area (TPSA) is 15.3 Å². The van der Waals surface area contributed by atoms with E-state index in [4.69, 9.17) is 0 Å². The highest BCUT2D eigenvalue weighted by atomic mass is 15.2. The largest absolute Gasteiger partial charge is 0.313 e. The highest BCUT2D eigenvalue weighted by molar-refractivity contribution is 5.14. The van der Waals surface area contributed by atoms with Crippen molar-refractivity contribution in [3.8, 4) is 0 Å². The summed E-state index contributed by atoms with van der Waals surface area (Å²) in [5, 5.41) is 3.59. The van der Waals surface area contributed by atoms with E-state index in [9.17, 15) is 0 Å². The summed E-state index contributed by atoms with van der Waals surface area (Å²) in [6.07, 6.45) is 6.58. The number of aryl methyl sites for hydroxylation is 1. The monoisotopic (exact) mass is 260 g/mol. The maximum absolute atomic E-state index is 3.59. The van der Waals surface area contributed by atoms with Crippen molar-refractivity contribution in [2.24, 2.45) is 0 Å². The van der Waals surface area contributed by atoms with Crippen LogP contribution in [0.4, 0.5) is 0 Å². The molecular weight excluding hydrogens is 232 g/mol. The maximum Gasteiger partial charge on any atom is 0.0195 e. The molecule has 1 aliphatic heterocycles. The Morgan fingerprint density at radius 2 is 2.05 bits per heavy atom. The van der Waals surface area contributed by atoms with Gasteiger partial charge in [0.15, 0.2) is 0 Å². The van der Waals surface area contributed by atoms with Gasteiger partial charge in [-0.25, -0.2) is 0 Å². The first-order valence-corrected chi connectivity index (χ1v) is 7.88. The van der Waals surface area contributed by atoms with E-state index in [0.717, 1.165) is 12.6 Å². The number of nitrogens with one attached hydrogen (secondary N) is 1. The van der Waals surface area contributed by atoms with Crippen LogP contribution in [0.3, 0.4) is 0 Å². The number of hydrogen-bond donors (Lipinski definition) is 1. The number of likely N-dealkylation sites (N-methyl/N-ethyl adjacent to an activating group) is 1. The normalized spacial score (nSPS) is 20.6. The van der Waals surface area contributed by atoms with Gasteiger partial charge in [-0.1, -0.05) is 37.3 Å². The van der Waals surface area contributed by atoms with Crippen LogP contribution in [0.25, 0.3) is 0 Å². The second-order valence-electron chi connectivity index (χ2n) is 5.64. The summed E-state index contributed by atoms with van der Waals surface area (Å²) in [6.45, 7) is 7.13. The van der Waals surface area contributed by atoms with Crippen molar-refractivity contribution in [1.29, 1.82) is 0 Å². The number of benzene rings is 1. The second-order valence-corrected chi connectivity index (χ2v) is 5.64. The number of piperidine rings is 1. The molecule has 2 heteroatoms. The molecule has 1 N–H and O–H groups in total. The molecule has 2 nitrogen and oxygen atoms in total. The predicted molar refractivity (Wildman–Crippen MR) is 82.5 cm³/mol. The lowest BCUT2D eigenvalue weighted by atomic mass is 10.0. The average Bonchev–Trinajstić information content (AvgIpc) is 2.46. The smallest absolute Gasteiger partial charge is 0.0195 e. The van der Waals surface area contributed by atoms with Crippen LogP contribution in [0.1, 0.15) is 38.2 Å². The van der Waals surface area contributed by atoms with Crippen molar-refractivity contribution in [3.05, 3.63) is 35.9 Å². The Balaban J connectivity index is 1.60. The molecule has 0 radical (unpaired) electrons. The van der Waals surface area contributed by atoms with Crippen LogP contribution in [0.15, 0.2) is 30.3 Å². The Morgan fingerprint density at radius 3 is 2.84 bits per heavy atom. The Bertz CT molecular complexity index is 334. The van der Waals surface area contributed by atoms with Gasteiger partial charge in [-0.2, -0.15) is 0 Å². The highest BCUT2D eigenvalue weighted by Gasteiger charge is 2.17. The van der Waals surface area contributed by atoms with Crippen LogP contribution in [0, 0.1) is 0 Å². The summed E-state index contributed by atoms with van der Waals surface area (Å²) in [7, 11) is 0. The van der Waals surface area contributed by atoms with Crippen molar-refractivity contribution in [3.63, 3.8) is 0 Å². The van der Waals surface area contributed by atoms with Gasteiger partial charge in [0.1, 0.15) is 0 Å². The van der Waals surface area contributed by atoms with Gasteiger partial charge in [-0.3, -0.25) is 0 Å². The van der Waals surface area contributed by atoms with Crippen LogP contribution in [0.2, 0.25) is 0 Å². The molecule has 0 aliphatic carbocycles. The van der Waals surface area contributed by atoms with Crippen molar-refractivity contribution in [2.75, 3.05) is 26.2 Å². The molecule has 1 atom stereocenters. The Kier molecular flexibility index (Phi) is 6.38. The average molecular weight is 260 g/mol. The van der Waals surface area contributed by atoms with E-state index in [1.54, 1.807) is 0 Å². The molecule has 0 aromatic heterocycles. The fourth-order valence-electron chi connectivity index (χ4n) is 3.02. The zero-order valence-electron chi connectivity index (χ0n) is 12.3. The van der Waals surface area contributed by atoms with Gasteiger partial charge in [0.25, 0.3) is 0 Å². The molecular formula is C17H28N2. The molecule has 1 unspecified atom stereocenters. The number of likely N-dealkylation sites (tertiary alicyclic amines) is 1. The van der Waals surface area contributed by atoms with Crippen LogP contribution in [-0.4, -0.2) is 37.1 Å². The Hall–Kier alpha value is -0.860. The zero-order chi connectivity index (χ0) is 13.3. The van der Waals surface area contributed by atoms with Gasteiger partial charge in [0, 0.05) is 12.6 Å². The van der Waals surface area contributed by atoms with E-state index in [-0.39, 0.29) is 0 Å². The minimum Gasteiger partial charge on any atom is -0.313 e. The fraction of sp³-hybridized carbons (Fsp3) is 0.647. The molecule has 0 spiro atoms. The van der Waals surface area contributed by atoms with Gasteiger partial charge in [-0.05, 0) is 57.3 Å². The van der Waals surface area contributed by atoms with Crippen LogP contribution >= 0.6 is 0 Å². The standard InChI is InChI=1S/C17H28N2/c1-2-18-17-12-8-14-19(15-17)13-7-6-11-16-9-4-3-5-10-16/h3-5,9-10,17-18H,2,6-8,11-15H2,1H3. The summed E-state index contributed by atoms with van der Waals surface area (Å²) in [6, 6.07) is 11.6. The molecule has 19 heavy (non-hydrogen) atoms. The third-order valence-electron chi connectivity index (χ3n) is 4.03. The molecule has 0 saturated carbocycles. The Morgan fingerprint density at radius 1 is 1.21 bits per heavy atom. The van der Waals surface area contributed by atoms with Gasteiger partial charge >= 0.3 is 0 Å². The molecule has 0 amide bonds. The third-order valence-corrected chi connectivity index (χ3v) is 4.03. The van der Waals surface area contributed by atoms with Crippen molar-refractivity contribution >= 4 is 0 Å². The Labute approximate surface area is 118 Å². The molecule has 1 heterocycles. The van der Waals surface area contributed by atoms with Crippen LogP contribution < -0.4 is 5.32 Å². The summed E-state index contributed by atoms with van der Waals surface area (Å²) < 4.78 is 0. The number of hydrogen-bond acceptors (Lipinski definition) is 2. The van der Waals surface area contributed by atoms with Gasteiger partial charge in [0.2, 0.25) is 0 Å². The summed E-state index contributed by atoms with van der Waals surface area (Å²) in [5.41, 5.74) is 1.48. The van der Waals surface area contributed by atoms with Crippen LogP contribution in [0.5, 0.6) is 0 Å². The predicted octanol–water partition coefficient (Wildman–Crippen LogP) is 3.08. The number of unbranched alkanes of at least 4 members (excludes halogenated alkanes) is 1. The quantitative estimate of drug-likeness (QED) is 0.758. The molecule has 1 saturated heterocycles. The minimum absolute atomic E-state index is 0.730. The summed E-state index contributed by atoms with van der Waals surface area (Å²) in [5.74, 6) is 0. The van der Waals surface area contributed by atoms with Gasteiger partial charge in [0.05, 0.1) is 0 Å². The van der Waals surface area contributed by atoms with Crippen molar-refractivity contribution in [1.82, 2.24) is 10.2 Å². The molecule has 2 rings (SSSR count). The number of rotatable bonds is 7. The van der Waals surface area contributed by atoms with Crippen molar-refractivity contribution < 1.29 is 0 Å². The first-order valence-electron chi connectivity index (χ1n) is 7.88. The van der Waals surface area contributed by atoms with E-state index >= 15 is 0 Å². The van der Waals surface area contributed by atoms with E-state index in [1.807, 2.05) is 0 Å². The first kappa shape index (κ1) is 14.5. The van der Waals surface area contributed by atoms with E-state index in [0.29, 0.717) is 0 Å². The molecule has 1 aromatic carbocycles. The maximum atomic E-state index is 3.59. The highest BCUT2D eigenvalue weighted by Crippen LogP contribution is 2.12. The van der Waals surface area contributed by atoms with Gasteiger partial charge in [-0.15, -0.1) is 0 Å². The molecule has 1 fully saturated rings. The summed E-state index contributed by atoms with van der Waals surface area (Å²) in [4.78, 5) is 2.64. The lowest BCUT2D eigenvalue weighted by Gasteiger charge is -2.33. The molecule has 106 valence electrons. The molecule has 1 aliphatic rings. The van der Waals surface area contributed by atoms with E-state index in [1.165, 1.54) is 57.3 Å². The third kappa shape index (κ3) is 5.33. The lowest BCUT2D eigenvalue weighted by Crippen LogP contribution is -2.45. The van der Waals surface area contributed by atoms with E-state index < -0.39 is 0 Å². The van der Waals surface area contributed by atoms with Crippen molar-refractivity contribution in [2.45, 2.75) is 45.1 Å². The second kappa shape index (κ2) is 8.34. The van der Waals surface area contributed by atoms with Gasteiger partial charge < -0.3 is 10.2 Å². The first-order chi connectivity index (χ1) is 9.38.